The lowest BCUT2D eigenvalue weighted by atomic mass is 9.82. The van der Waals surface area contributed by atoms with Crippen molar-refractivity contribution in [2.45, 2.75) is 46.5 Å². The summed E-state index contributed by atoms with van der Waals surface area (Å²) in [6.45, 7) is 9.22. The molecule has 1 aliphatic heterocycles. The molecule has 2 heterocycles. The van der Waals surface area contributed by atoms with Crippen LogP contribution in [0.3, 0.4) is 0 Å². The third-order valence-corrected chi connectivity index (χ3v) is 4.78. The molecule has 0 bridgehead atoms. The standard InChI is InChI=1S/C17H27N3O/c1-4-9-18-14-7-10-19-15(12-14)16(21)20-11-8-17(5-2,6-3)13-20/h7,10,12H,4-6,8-9,11,13H2,1-3H3,(H,18,19). The minimum atomic E-state index is 0.0684. The summed E-state index contributed by atoms with van der Waals surface area (Å²) in [6.07, 6.45) is 6.17. The number of pyridine rings is 1. The quantitative estimate of drug-likeness (QED) is 0.871. The lowest BCUT2D eigenvalue weighted by molar-refractivity contribution is 0.0764. The molecule has 116 valence electrons. The van der Waals surface area contributed by atoms with Crippen molar-refractivity contribution in [1.29, 1.82) is 0 Å². The van der Waals surface area contributed by atoms with Crippen LogP contribution in [0.25, 0.3) is 0 Å². The number of rotatable bonds is 6. The third-order valence-electron chi connectivity index (χ3n) is 4.78. The van der Waals surface area contributed by atoms with Gasteiger partial charge in [0.15, 0.2) is 0 Å². The van der Waals surface area contributed by atoms with Gasteiger partial charge in [-0.2, -0.15) is 0 Å². The van der Waals surface area contributed by atoms with Crippen LogP contribution in [0.1, 0.15) is 56.9 Å². The Morgan fingerprint density at radius 3 is 2.76 bits per heavy atom. The van der Waals surface area contributed by atoms with Gasteiger partial charge in [-0.15, -0.1) is 0 Å². The number of nitrogens with zero attached hydrogens (tertiary/aromatic N) is 2. The Balaban J connectivity index is 2.07. The molecule has 0 radical (unpaired) electrons. The summed E-state index contributed by atoms with van der Waals surface area (Å²) in [7, 11) is 0. The van der Waals surface area contributed by atoms with Crippen LogP contribution < -0.4 is 5.32 Å². The van der Waals surface area contributed by atoms with E-state index in [2.05, 4.69) is 31.1 Å². The molecule has 0 unspecified atom stereocenters. The van der Waals surface area contributed by atoms with Crippen molar-refractivity contribution >= 4 is 11.6 Å². The van der Waals surface area contributed by atoms with Gasteiger partial charge in [0.2, 0.25) is 0 Å². The van der Waals surface area contributed by atoms with Gasteiger partial charge in [0.25, 0.3) is 5.91 Å². The predicted molar refractivity (Wildman–Crippen MR) is 86.6 cm³/mol. The summed E-state index contributed by atoms with van der Waals surface area (Å²) in [4.78, 5) is 18.9. The highest BCUT2D eigenvalue weighted by Gasteiger charge is 2.37. The lowest BCUT2D eigenvalue weighted by Gasteiger charge is -2.26. The Morgan fingerprint density at radius 1 is 1.38 bits per heavy atom. The molecule has 1 N–H and O–H groups in total. The maximum absolute atomic E-state index is 12.6. The molecule has 1 aromatic heterocycles. The molecule has 1 fully saturated rings. The van der Waals surface area contributed by atoms with Crippen molar-refractivity contribution in [3.8, 4) is 0 Å². The largest absolute Gasteiger partial charge is 0.385 e. The second-order valence-electron chi connectivity index (χ2n) is 6.04. The van der Waals surface area contributed by atoms with Crippen LogP contribution in [0, 0.1) is 5.41 Å². The molecule has 0 spiro atoms. The molecule has 21 heavy (non-hydrogen) atoms. The first-order valence-corrected chi connectivity index (χ1v) is 8.13. The van der Waals surface area contributed by atoms with Gasteiger partial charge in [-0.1, -0.05) is 20.8 Å². The zero-order chi connectivity index (χ0) is 15.3. The van der Waals surface area contributed by atoms with Crippen molar-refractivity contribution < 1.29 is 4.79 Å². The van der Waals surface area contributed by atoms with Crippen molar-refractivity contribution in [3.05, 3.63) is 24.0 Å². The van der Waals surface area contributed by atoms with Gasteiger partial charge < -0.3 is 10.2 Å². The number of hydrogen-bond donors (Lipinski definition) is 1. The van der Waals surface area contributed by atoms with E-state index in [4.69, 9.17) is 0 Å². The number of carbonyl (C=O) groups excluding carboxylic acids is 1. The SMILES string of the molecule is CCCNc1ccnc(C(=O)N2CCC(CC)(CC)C2)c1. The second kappa shape index (κ2) is 6.92. The topological polar surface area (TPSA) is 45.2 Å². The van der Waals surface area contributed by atoms with E-state index < -0.39 is 0 Å². The number of amides is 1. The second-order valence-corrected chi connectivity index (χ2v) is 6.04. The third kappa shape index (κ3) is 3.55. The van der Waals surface area contributed by atoms with Crippen molar-refractivity contribution in [2.75, 3.05) is 25.0 Å². The maximum Gasteiger partial charge on any atom is 0.272 e. The summed E-state index contributed by atoms with van der Waals surface area (Å²) in [5, 5.41) is 3.31. The summed E-state index contributed by atoms with van der Waals surface area (Å²) in [5.74, 6) is 0.0684. The highest BCUT2D eigenvalue weighted by molar-refractivity contribution is 5.93. The van der Waals surface area contributed by atoms with E-state index in [9.17, 15) is 4.79 Å². The van der Waals surface area contributed by atoms with Gasteiger partial charge in [0.1, 0.15) is 5.69 Å². The summed E-state index contributed by atoms with van der Waals surface area (Å²) < 4.78 is 0. The fourth-order valence-corrected chi connectivity index (χ4v) is 3.02. The minimum Gasteiger partial charge on any atom is -0.385 e. The average molecular weight is 289 g/mol. The fraction of sp³-hybridized carbons (Fsp3) is 0.647. The van der Waals surface area contributed by atoms with Crippen molar-refractivity contribution in [2.24, 2.45) is 5.41 Å². The van der Waals surface area contributed by atoms with E-state index in [-0.39, 0.29) is 5.91 Å². The molecule has 2 rings (SSSR count). The highest BCUT2D eigenvalue weighted by atomic mass is 16.2. The van der Waals surface area contributed by atoms with E-state index in [0.29, 0.717) is 11.1 Å². The molecule has 0 saturated carbocycles. The molecule has 0 aliphatic carbocycles. The number of likely N-dealkylation sites (tertiary alicyclic amines) is 1. The van der Waals surface area contributed by atoms with Crippen molar-refractivity contribution in [1.82, 2.24) is 9.88 Å². The Morgan fingerprint density at radius 2 is 2.14 bits per heavy atom. The highest BCUT2D eigenvalue weighted by Crippen LogP contribution is 2.37. The van der Waals surface area contributed by atoms with Crippen LogP contribution in [-0.2, 0) is 0 Å². The molecule has 1 aliphatic rings. The molecular formula is C17H27N3O. The normalized spacial score (nSPS) is 17.0. The average Bonchev–Trinajstić information content (AvgIpc) is 2.97. The first-order chi connectivity index (χ1) is 10.1. The van der Waals surface area contributed by atoms with E-state index >= 15 is 0 Å². The molecule has 1 aromatic rings. The van der Waals surface area contributed by atoms with Crippen LogP contribution in [0.4, 0.5) is 5.69 Å². The Labute approximate surface area is 127 Å². The zero-order valence-corrected chi connectivity index (χ0v) is 13.5. The van der Waals surface area contributed by atoms with E-state index in [1.807, 2.05) is 17.0 Å². The Kier molecular flexibility index (Phi) is 5.21. The molecule has 1 saturated heterocycles. The first-order valence-electron chi connectivity index (χ1n) is 8.13. The molecular weight excluding hydrogens is 262 g/mol. The molecule has 1 amide bonds. The molecule has 0 atom stereocenters. The number of anilines is 1. The summed E-state index contributed by atoms with van der Waals surface area (Å²) >= 11 is 0. The lowest BCUT2D eigenvalue weighted by Crippen LogP contribution is -2.32. The first kappa shape index (κ1) is 15.8. The van der Waals surface area contributed by atoms with Gasteiger partial charge in [-0.3, -0.25) is 9.78 Å². The predicted octanol–water partition coefficient (Wildman–Crippen LogP) is 3.56. The van der Waals surface area contributed by atoms with E-state index in [0.717, 1.165) is 51.0 Å². The van der Waals surface area contributed by atoms with Gasteiger partial charge in [-0.05, 0) is 43.2 Å². The molecule has 0 aromatic carbocycles. The smallest absolute Gasteiger partial charge is 0.272 e. The van der Waals surface area contributed by atoms with Crippen LogP contribution in [0.2, 0.25) is 0 Å². The van der Waals surface area contributed by atoms with E-state index in [1.165, 1.54) is 0 Å². The number of hydrogen-bond acceptors (Lipinski definition) is 3. The maximum atomic E-state index is 12.6. The summed E-state index contributed by atoms with van der Waals surface area (Å²) in [5.41, 5.74) is 1.85. The van der Waals surface area contributed by atoms with Crippen LogP contribution >= 0.6 is 0 Å². The number of aromatic nitrogens is 1. The summed E-state index contributed by atoms with van der Waals surface area (Å²) in [6, 6.07) is 3.79. The fourth-order valence-electron chi connectivity index (χ4n) is 3.02. The van der Waals surface area contributed by atoms with Gasteiger partial charge in [0.05, 0.1) is 0 Å². The number of carbonyl (C=O) groups is 1. The molecule has 4 heteroatoms. The van der Waals surface area contributed by atoms with Gasteiger partial charge in [0, 0.05) is 31.5 Å². The van der Waals surface area contributed by atoms with Crippen LogP contribution in [0.15, 0.2) is 18.3 Å². The van der Waals surface area contributed by atoms with Crippen LogP contribution in [0.5, 0.6) is 0 Å². The van der Waals surface area contributed by atoms with Crippen LogP contribution in [-0.4, -0.2) is 35.4 Å². The monoisotopic (exact) mass is 289 g/mol. The van der Waals surface area contributed by atoms with Gasteiger partial charge >= 0.3 is 0 Å². The number of nitrogens with one attached hydrogen (secondary N) is 1. The van der Waals surface area contributed by atoms with Gasteiger partial charge in [-0.25, -0.2) is 0 Å². The minimum absolute atomic E-state index is 0.0684. The Hall–Kier alpha value is -1.58. The van der Waals surface area contributed by atoms with E-state index in [1.54, 1.807) is 6.20 Å². The van der Waals surface area contributed by atoms with Crippen molar-refractivity contribution in [3.63, 3.8) is 0 Å². The Bertz CT molecular complexity index is 483. The zero-order valence-electron chi connectivity index (χ0n) is 13.5. The molecule has 4 nitrogen and oxygen atoms in total.